The van der Waals surface area contributed by atoms with E-state index in [-0.39, 0.29) is 23.5 Å². The maximum Gasteiger partial charge on any atom is 0.270 e. The third kappa shape index (κ3) is 4.70. The zero-order valence-electron chi connectivity index (χ0n) is 12.3. The number of aromatic nitrogens is 1. The quantitative estimate of drug-likeness (QED) is 0.849. The lowest BCUT2D eigenvalue weighted by Crippen LogP contribution is -2.36. The van der Waals surface area contributed by atoms with Gasteiger partial charge in [-0.15, -0.1) is 0 Å². The van der Waals surface area contributed by atoms with Gasteiger partial charge in [-0.1, -0.05) is 13.8 Å². The molecule has 1 aliphatic rings. The van der Waals surface area contributed by atoms with Gasteiger partial charge < -0.3 is 10.6 Å². The summed E-state index contributed by atoms with van der Waals surface area (Å²) in [6, 6.07) is 3.18. The molecule has 21 heavy (non-hydrogen) atoms. The van der Waals surface area contributed by atoms with Gasteiger partial charge in [0.2, 0.25) is 0 Å². The minimum Gasteiger partial charge on any atom is -0.385 e. The van der Waals surface area contributed by atoms with Crippen LogP contribution in [0.3, 0.4) is 0 Å². The van der Waals surface area contributed by atoms with Gasteiger partial charge in [0, 0.05) is 24.5 Å². The Morgan fingerprint density at radius 3 is 2.86 bits per heavy atom. The molecule has 0 bridgehead atoms. The van der Waals surface area contributed by atoms with Gasteiger partial charge in [-0.2, -0.15) is 0 Å². The fourth-order valence-electron chi connectivity index (χ4n) is 2.15. The average Bonchev–Trinajstić information content (AvgIpc) is 2.76. The standard InChI is InChI=1S/C14H21N3O3S/c1-10(2)8-16-11-3-5-15-13(7-11)14(18)17-12-4-6-21(19,20)9-12/h3,5,7,10,12H,4,6,8-9H2,1-2H3,(H,15,16)(H,17,18). The van der Waals surface area contributed by atoms with E-state index >= 15 is 0 Å². The molecule has 116 valence electrons. The molecule has 0 radical (unpaired) electrons. The van der Waals surface area contributed by atoms with Crippen LogP contribution in [0.5, 0.6) is 0 Å². The van der Waals surface area contributed by atoms with Crippen LogP contribution >= 0.6 is 0 Å². The zero-order valence-corrected chi connectivity index (χ0v) is 13.1. The van der Waals surface area contributed by atoms with Gasteiger partial charge in [-0.05, 0) is 24.5 Å². The van der Waals surface area contributed by atoms with E-state index in [1.54, 1.807) is 18.3 Å². The van der Waals surface area contributed by atoms with Crippen LogP contribution in [0.2, 0.25) is 0 Å². The Labute approximate surface area is 125 Å². The summed E-state index contributed by atoms with van der Waals surface area (Å²) in [4.78, 5) is 16.1. The van der Waals surface area contributed by atoms with Crippen LogP contribution < -0.4 is 10.6 Å². The lowest BCUT2D eigenvalue weighted by atomic mass is 10.2. The van der Waals surface area contributed by atoms with Crippen molar-refractivity contribution >= 4 is 21.4 Å². The Bertz CT molecular complexity index is 614. The van der Waals surface area contributed by atoms with E-state index in [2.05, 4.69) is 29.5 Å². The number of hydrogen-bond donors (Lipinski definition) is 2. The van der Waals surface area contributed by atoms with Gasteiger partial charge in [0.25, 0.3) is 5.91 Å². The number of hydrogen-bond acceptors (Lipinski definition) is 5. The van der Waals surface area contributed by atoms with Gasteiger partial charge in [0.05, 0.1) is 11.5 Å². The number of pyridine rings is 1. The molecule has 2 rings (SSSR count). The van der Waals surface area contributed by atoms with Crippen molar-refractivity contribution in [2.45, 2.75) is 26.3 Å². The second-order valence-corrected chi connectivity index (χ2v) is 8.01. The van der Waals surface area contributed by atoms with Gasteiger partial charge in [0.15, 0.2) is 9.84 Å². The van der Waals surface area contributed by atoms with Crippen molar-refractivity contribution in [3.63, 3.8) is 0 Å². The van der Waals surface area contributed by atoms with E-state index in [1.165, 1.54) is 0 Å². The van der Waals surface area contributed by atoms with E-state index in [9.17, 15) is 13.2 Å². The van der Waals surface area contributed by atoms with Gasteiger partial charge >= 0.3 is 0 Å². The zero-order chi connectivity index (χ0) is 15.5. The number of carbonyl (C=O) groups excluding carboxylic acids is 1. The Hall–Kier alpha value is -1.63. The van der Waals surface area contributed by atoms with Crippen molar-refractivity contribution in [2.24, 2.45) is 5.92 Å². The largest absolute Gasteiger partial charge is 0.385 e. The van der Waals surface area contributed by atoms with Crippen LogP contribution in [-0.2, 0) is 9.84 Å². The number of sulfone groups is 1. The second kappa shape index (κ2) is 6.43. The molecule has 1 atom stereocenters. The van der Waals surface area contributed by atoms with E-state index in [0.717, 1.165) is 12.2 Å². The molecule has 0 saturated carbocycles. The third-order valence-corrected chi connectivity index (χ3v) is 5.04. The molecule has 0 spiro atoms. The maximum atomic E-state index is 12.1. The number of nitrogens with zero attached hydrogens (tertiary/aromatic N) is 1. The summed E-state index contributed by atoms with van der Waals surface area (Å²) in [7, 11) is -3.00. The van der Waals surface area contributed by atoms with Crippen LogP contribution in [-0.4, -0.2) is 43.4 Å². The number of rotatable bonds is 5. The first-order valence-corrected chi connectivity index (χ1v) is 8.89. The van der Waals surface area contributed by atoms with Crippen LogP contribution in [0, 0.1) is 5.92 Å². The van der Waals surface area contributed by atoms with Crippen LogP contribution in [0.4, 0.5) is 5.69 Å². The Balaban J connectivity index is 1.98. The molecule has 1 amide bonds. The monoisotopic (exact) mass is 311 g/mol. The summed E-state index contributed by atoms with van der Waals surface area (Å²) in [5.41, 5.74) is 1.14. The van der Waals surface area contributed by atoms with Crippen LogP contribution in [0.15, 0.2) is 18.3 Å². The molecule has 1 aromatic heterocycles. The first-order valence-electron chi connectivity index (χ1n) is 7.07. The predicted molar refractivity (Wildman–Crippen MR) is 82.1 cm³/mol. The summed E-state index contributed by atoms with van der Waals surface area (Å²) in [6.07, 6.45) is 2.04. The van der Waals surface area contributed by atoms with Gasteiger partial charge in [-0.3, -0.25) is 9.78 Å². The molecule has 7 heteroatoms. The smallest absolute Gasteiger partial charge is 0.270 e. The molecule has 1 aromatic rings. The molecular weight excluding hydrogens is 290 g/mol. The lowest BCUT2D eigenvalue weighted by Gasteiger charge is -2.12. The number of nitrogens with one attached hydrogen (secondary N) is 2. The molecule has 1 aliphatic heterocycles. The second-order valence-electron chi connectivity index (χ2n) is 5.78. The lowest BCUT2D eigenvalue weighted by molar-refractivity contribution is 0.0936. The molecule has 1 fully saturated rings. The topological polar surface area (TPSA) is 88.2 Å². The highest BCUT2D eigenvalue weighted by molar-refractivity contribution is 7.91. The number of amides is 1. The SMILES string of the molecule is CC(C)CNc1ccnc(C(=O)NC2CCS(=O)(=O)C2)c1. The van der Waals surface area contributed by atoms with Crippen molar-refractivity contribution in [1.29, 1.82) is 0 Å². The summed E-state index contributed by atoms with van der Waals surface area (Å²) in [5, 5.41) is 5.96. The normalized spacial score (nSPS) is 20.4. The number of carbonyl (C=O) groups is 1. The number of anilines is 1. The van der Waals surface area contributed by atoms with Crippen LogP contribution in [0.25, 0.3) is 0 Å². The summed E-state index contributed by atoms with van der Waals surface area (Å²) in [6.45, 7) is 5.01. The van der Waals surface area contributed by atoms with Crippen molar-refractivity contribution in [3.8, 4) is 0 Å². The maximum absolute atomic E-state index is 12.1. The van der Waals surface area contributed by atoms with Crippen molar-refractivity contribution < 1.29 is 13.2 Å². The van der Waals surface area contributed by atoms with E-state index in [1.807, 2.05) is 0 Å². The highest BCUT2D eigenvalue weighted by Gasteiger charge is 2.29. The third-order valence-electron chi connectivity index (χ3n) is 3.27. The van der Waals surface area contributed by atoms with E-state index in [0.29, 0.717) is 18.0 Å². The molecule has 6 nitrogen and oxygen atoms in total. The Morgan fingerprint density at radius 1 is 1.48 bits per heavy atom. The average molecular weight is 311 g/mol. The first kappa shape index (κ1) is 15.8. The highest BCUT2D eigenvalue weighted by atomic mass is 32.2. The van der Waals surface area contributed by atoms with Crippen molar-refractivity contribution in [1.82, 2.24) is 10.3 Å². The minimum atomic E-state index is -3.00. The molecule has 2 N–H and O–H groups in total. The fraction of sp³-hybridized carbons (Fsp3) is 0.571. The van der Waals surface area contributed by atoms with Crippen molar-refractivity contribution in [3.05, 3.63) is 24.0 Å². The fourth-order valence-corrected chi connectivity index (χ4v) is 3.83. The van der Waals surface area contributed by atoms with Gasteiger partial charge in [0.1, 0.15) is 5.69 Å². The van der Waals surface area contributed by atoms with Crippen LogP contribution in [0.1, 0.15) is 30.8 Å². The van der Waals surface area contributed by atoms with Gasteiger partial charge in [-0.25, -0.2) is 8.42 Å². The van der Waals surface area contributed by atoms with E-state index in [4.69, 9.17) is 0 Å². The molecule has 1 saturated heterocycles. The molecule has 0 aromatic carbocycles. The molecule has 2 heterocycles. The molecule has 0 aliphatic carbocycles. The first-order chi connectivity index (χ1) is 9.85. The summed E-state index contributed by atoms with van der Waals surface area (Å²) < 4.78 is 22.8. The molecule has 1 unspecified atom stereocenters. The Kier molecular flexibility index (Phi) is 4.82. The Morgan fingerprint density at radius 2 is 2.24 bits per heavy atom. The summed E-state index contributed by atoms with van der Waals surface area (Å²) >= 11 is 0. The minimum absolute atomic E-state index is 0.0179. The van der Waals surface area contributed by atoms with Crippen molar-refractivity contribution in [2.75, 3.05) is 23.4 Å². The van der Waals surface area contributed by atoms with E-state index < -0.39 is 9.84 Å². The predicted octanol–water partition coefficient (Wildman–Crippen LogP) is 1.07. The molecular formula is C14H21N3O3S. The summed E-state index contributed by atoms with van der Waals surface area (Å²) in [5.74, 6) is 0.329. The highest BCUT2D eigenvalue weighted by Crippen LogP contribution is 2.13.